The number of carbonyl (C=O) groups is 4. The number of Topliss-reactive ketones (excluding diaryl/α,β-unsaturated/α-hetero) is 1. The summed E-state index contributed by atoms with van der Waals surface area (Å²) in [5.74, 6) is -3.22. The van der Waals surface area contributed by atoms with E-state index in [9.17, 15) is 24.3 Å². The second-order valence-corrected chi connectivity index (χ2v) is 9.45. The van der Waals surface area contributed by atoms with E-state index in [1.165, 1.54) is 4.90 Å². The molecule has 8 nitrogen and oxygen atoms in total. The number of carbonyl (C=O) groups excluding carboxylic acids is 4. The highest BCUT2D eigenvalue weighted by molar-refractivity contribution is 6.22. The monoisotopic (exact) mass is 483 g/mol. The van der Waals surface area contributed by atoms with E-state index in [0.29, 0.717) is 51.7 Å². The Kier molecular flexibility index (Phi) is 14.0. The maximum atomic E-state index is 13.0. The molecule has 0 spiro atoms. The molecule has 0 aromatic heterocycles. The smallest absolute Gasteiger partial charge is 0.326 e. The third kappa shape index (κ3) is 10.1. The van der Waals surface area contributed by atoms with Crippen molar-refractivity contribution >= 4 is 23.6 Å². The van der Waals surface area contributed by atoms with E-state index in [2.05, 4.69) is 6.92 Å². The summed E-state index contributed by atoms with van der Waals surface area (Å²) < 4.78 is 9.91. The predicted molar refractivity (Wildman–Crippen MR) is 129 cm³/mol. The quantitative estimate of drug-likeness (QED) is 0.178. The third-order valence-corrected chi connectivity index (χ3v) is 6.39. The van der Waals surface area contributed by atoms with Crippen LogP contribution in [0, 0.1) is 5.92 Å². The zero-order chi connectivity index (χ0) is 25.6. The summed E-state index contributed by atoms with van der Waals surface area (Å²) in [7, 11) is 0. The summed E-state index contributed by atoms with van der Waals surface area (Å²) in [6, 6.07) is -0.642. The van der Waals surface area contributed by atoms with Crippen LogP contribution < -0.4 is 0 Å². The van der Waals surface area contributed by atoms with Crippen LogP contribution in [-0.2, 0) is 28.7 Å². The summed E-state index contributed by atoms with van der Waals surface area (Å²) in [4.78, 5) is 51.2. The zero-order valence-electron chi connectivity index (χ0n) is 21.6. The van der Waals surface area contributed by atoms with E-state index >= 15 is 0 Å². The molecule has 1 N–H and O–H groups in total. The van der Waals surface area contributed by atoms with Crippen LogP contribution in [0.3, 0.4) is 0 Å². The van der Waals surface area contributed by atoms with Gasteiger partial charge < -0.3 is 19.5 Å². The lowest BCUT2D eigenvalue weighted by atomic mass is 9.93. The highest BCUT2D eigenvalue weighted by Crippen LogP contribution is 2.28. The van der Waals surface area contributed by atoms with Crippen LogP contribution in [0.15, 0.2) is 0 Å². The molecule has 0 aromatic carbocycles. The van der Waals surface area contributed by atoms with Gasteiger partial charge in [-0.1, -0.05) is 45.4 Å². The van der Waals surface area contributed by atoms with Crippen LogP contribution in [0.5, 0.6) is 0 Å². The molecule has 1 aliphatic heterocycles. The minimum Gasteiger partial charge on any atom is -0.466 e. The lowest BCUT2D eigenvalue weighted by Gasteiger charge is -2.27. The number of likely N-dealkylation sites (tertiary alicyclic amines) is 1. The lowest BCUT2D eigenvalue weighted by Crippen LogP contribution is -2.37. The minimum absolute atomic E-state index is 0.113. The standard InChI is InChI=1S/C26H45NO7/c1-5-8-13-17-26(4,32)18-14-19-27-20(15-11-9-10-12-16-21(28)33-6-2)23(29)22(24(27)30)25(31)34-7-3/h20,22,32H,5-19H2,1-4H3. The topological polar surface area (TPSA) is 110 Å². The van der Waals surface area contributed by atoms with Crippen molar-refractivity contribution in [2.45, 2.75) is 116 Å². The number of ketones is 1. The first-order valence-corrected chi connectivity index (χ1v) is 13.1. The second-order valence-electron chi connectivity index (χ2n) is 9.45. The zero-order valence-corrected chi connectivity index (χ0v) is 21.6. The van der Waals surface area contributed by atoms with Crippen molar-refractivity contribution in [2.75, 3.05) is 19.8 Å². The van der Waals surface area contributed by atoms with Gasteiger partial charge in [-0.15, -0.1) is 0 Å². The van der Waals surface area contributed by atoms with Crippen molar-refractivity contribution in [1.29, 1.82) is 0 Å². The van der Waals surface area contributed by atoms with E-state index < -0.39 is 29.4 Å². The number of amides is 1. The Morgan fingerprint density at radius 2 is 1.56 bits per heavy atom. The van der Waals surface area contributed by atoms with Crippen LogP contribution in [-0.4, -0.2) is 65.0 Å². The molecule has 8 heteroatoms. The first kappa shape index (κ1) is 30.1. The molecule has 1 heterocycles. The number of nitrogens with zero attached hydrogens (tertiary/aromatic N) is 1. The summed E-state index contributed by atoms with van der Waals surface area (Å²) in [5, 5.41) is 10.6. The lowest BCUT2D eigenvalue weighted by molar-refractivity contribution is -0.154. The predicted octanol–water partition coefficient (Wildman–Crippen LogP) is 3.96. The van der Waals surface area contributed by atoms with Gasteiger partial charge in [0.15, 0.2) is 11.7 Å². The van der Waals surface area contributed by atoms with Crippen molar-refractivity contribution in [3.05, 3.63) is 0 Å². The normalized spacial score (nSPS) is 19.9. The highest BCUT2D eigenvalue weighted by atomic mass is 16.5. The number of rotatable bonds is 18. The summed E-state index contributed by atoms with van der Waals surface area (Å²) in [6.07, 6.45) is 8.84. The molecule has 0 bridgehead atoms. The SMILES string of the molecule is CCCCCC(C)(O)CCCN1C(=O)C(C(=O)OCC)C(=O)C1CCCCCCC(=O)OCC. The molecule has 3 unspecified atom stereocenters. The number of aliphatic hydroxyl groups is 1. The molecule has 1 rings (SSSR count). The molecular formula is C26H45NO7. The molecule has 1 saturated heterocycles. The number of ether oxygens (including phenoxy) is 2. The molecule has 0 saturated carbocycles. The fourth-order valence-electron chi connectivity index (χ4n) is 4.50. The van der Waals surface area contributed by atoms with E-state index in [1.54, 1.807) is 13.8 Å². The second kappa shape index (κ2) is 15.8. The first-order chi connectivity index (χ1) is 16.2. The van der Waals surface area contributed by atoms with Gasteiger partial charge in [0.25, 0.3) is 0 Å². The molecule has 0 radical (unpaired) electrons. The van der Waals surface area contributed by atoms with Gasteiger partial charge in [0.1, 0.15) is 0 Å². The van der Waals surface area contributed by atoms with Crippen LogP contribution in [0.1, 0.15) is 105 Å². The van der Waals surface area contributed by atoms with Gasteiger partial charge >= 0.3 is 11.9 Å². The van der Waals surface area contributed by atoms with Crippen molar-refractivity contribution in [1.82, 2.24) is 4.90 Å². The Morgan fingerprint density at radius 3 is 2.21 bits per heavy atom. The maximum absolute atomic E-state index is 13.0. The molecule has 1 amide bonds. The first-order valence-electron chi connectivity index (χ1n) is 13.1. The summed E-state index contributed by atoms with van der Waals surface area (Å²) in [6.45, 7) is 8.18. The maximum Gasteiger partial charge on any atom is 0.326 e. The number of hydrogen-bond donors (Lipinski definition) is 1. The average molecular weight is 484 g/mol. The molecule has 1 aliphatic rings. The fraction of sp³-hybridized carbons (Fsp3) is 0.846. The molecule has 0 aliphatic carbocycles. The third-order valence-electron chi connectivity index (χ3n) is 6.39. The summed E-state index contributed by atoms with van der Waals surface area (Å²) >= 11 is 0. The van der Waals surface area contributed by atoms with Crippen LogP contribution in [0.4, 0.5) is 0 Å². The Hall–Kier alpha value is -1.96. The van der Waals surface area contributed by atoms with E-state index in [0.717, 1.165) is 38.5 Å². The van der Waals surface area contributed by atoms with Crippen LogP contribution >= 0.6 is 0 Å². The Labute approximate surface area is 204 Å². The van der Waals surface area contributed by atoms with Gasteiger partial charge in [0.2, 0.25) is 5.91 Å². The van der Waals surface area contributed by atoms with E-state index in [4.69, 9.17) is 9.47 Å². The number of hydrogen-bond acceptors (Lipinski definition) is 7. The van der Waals surface area contributed by atoms with Gasteiger partial charge in [-0.25, -0.2) is 0 Å². The Balaban J connectivity index is 2.65. The van der Waals surface area contributed by atoms with Gasteiger partial charge in [-0.3, -0.25) is 19.2 Å². The molecule has 1 fully saturated rings. The largest absolute Gasteiger partial charge is 0.466 e. The fourth-order valence-corrected chi connectivity index (χ4v) is 4.50. The molecule has 0 aromatic rings. The van der Waals surface area contributed by atoms with Gasteiger partial charge in [0, 0.05) is 13.0 Å². The van der Waals surface area contributed by atoms with Crippen LogP contribution in [0.2, 0.25) is 0 Å². The molecule has 3 atom stereocenters. The van der Waals surface area contributed by atoms with Crippen molar-refractivity contribution in [3.63, 3.8) is 0 Å². The van der Waals surface area contributed by atoms with Crippen molar-refractivity contribution in [3.8, 4) is 0 Å². The number of esters is 2. The van der Waals surface area contributed by atoms with Gasteiger partial charge in [0.05, 0.1) is 24.9 Å². The Bertz CT molecular complexity index is 662. The highest BCUT2D eigenvalue weighted by Gasteiger charge is 2.51. The average Bonchev–Trinajstić information content (AvgIpc) is 3.00. The van der Waals surface area contributed by atoms with Gasteiger partial charge in [-0.05, 0) is 52.9 Å². The van der Waals surface area contributed by atoms with Crippen molar-refractivity contribution < 1.29 is 33.8 Å². The molecule has 34 heavy (non-hydrogen) atoms. The van der Waals surface area contributed by atoms with E-state index in [-0.39, 0.29) is 18.4 Å². The van der Waals surface area contributed by atoms with E-state index in [1.807, 2.05) is 6.92 Å². The number of unbranched alkanes of at least 4 members (excludes halogenated alkanes) is 5. The van der Waals surface area contributed by atoms with Crippen LogP contribution in [0.25, 0.3) is 0 Å². The Morgan fingerprint density at radius 1 is 0.912 bits per heavy atom. The minimum atomic E-state index is -1.38. The molecule has 196 valence electrons. The summed E-state index contributed by atoms with van der Waals surface area (Å²) in [5.41, 5.74) is -0.809. The molecular weight excluding hydrogens is 438 g/mol. The van der Waals surface area contributed by atoms with Crippen molar-refractivity contribution in [2.24, 2.45) is 5.92 Å². The van der Waals surface area contributed by atoms with Gasteiger partial charge in [-0.2, -0.15) is 0 Å².